The van der Waals surface area contributed by atoms with Gasteiger partial charge in [0.1, 0.15) is 0 Å². The molecule has 1 aromatic heterocycles. The number of nitrogens with zero attached hydrogens (tertiary/aromatic N) is 3. The highest BCUT2D eigenvalue weighted by Gasteiger charge is 2.17. The van der Waals surface area contributed by atoms with Crippen molar-refractivity contribution in [3.05, 3.63) is 53.6 Å². The van der Waals surface area contributed by atoms with Crippen molar-refractivity contribution in [2.24, 2.45) is 0 Å². The number of anilines is 2. The van der Waals surface area contributed by atoms with Crippen LogP contribution < -0.4 is 10.2 Å². The number of amides is 1. The summed E-state index contributed by atoms with van der Waals surface area (Å²) in [7, 11) is 0. The van der Waals surface area contributed by atoms with Crippen molar-refractivity contribution in [1.82, 2.24) is 14.9 Å². The van der Waals surface area contributed by atoms with Crippen LogP contribution in [0.15, 0.2) is 48.5 Å². The molecule has 3 aromatic rings. The van der Waals surface area contributed by atoms with Crippen LogP contribution in [0.4, 0.5) is 11.6 Å². The molecule has 0 unspecified atom stereocenters. The number of para-hydroxylation sites is 2. The zero-order chi connectivity index (χ0) is 20.1. The van der Waals surface area contributed by atoms with Crippen molar-refractivity contribution in [3.8, 4) is 0 Å². The van der Waals surface area contributed by atoms with Crippen molar-refractivity contribution >= 4 is 40.2 Å². The number of hydrogen-bond acceptors (Lipinski definition) is 4. The van der Waals surface area contributed by atoms with Crippen LogP contribution in [0.25, 0.3) is 11.0 Å². The van der Waals surface area contributed by atoms with Gasteiger partial charge in [-0.05, 0) is 55.8 Å². The van der Waals surface area contributed by atoms with E-state index < -0.39 is 0 Å². The SMILES string of the molecule is O=C(CCCCN1CCN(c2ccc(Cl)cc2)CC1)Nc1nc2ccccc2[nH]1. The van der Waals surface area contributed by atoms with Gasteiger partial charge < -0.3 is 9.88 Å². The summed E-state index contributed by atoms with van der Waals surface area (Å²) in [4.78, 5) is 24.5. The summed E-state index contributed by atoms with van der Waals surface area (Å²) in [5.41, 5.74) is 3.03. The number of nitrogens with one attached hydrogen (secondary N) is 2. The van der Waals surface area contributed by atoms with Crippen molar-refractivity contribution in [3.63, 3.8) is 0 Å². The summed E-state index contributed by atoms with van der Waals surface area (Å²) >= 11 is 5.97. The van der Waals surface area contributed by atoms with Crippen LogP contribution in [0.3, 0.4) is 0 Å². The fourth-order valence-electron chi connectivity index (χ4n) is 3.71. The average Bonchev–Trinajstić information content (AvgIpc) is 3.14. The molecule has 0 aliphatic carbocycles. The van der Waals surface area contributed by atoms with Crippen LogP contribution in [0.2, 0.25) is 5.02 Å². The summed E-state index contributed by atoms with van der Waals surface area (Å²) in [6.07, 6.45) is 2.42. The number of piperazine rings is 1. The van der Waals surface area contributed by atoms with Crippen LogP contribution >= 0.6 is 11.6 Å². The van der Waals surface area contributed by atoms with E-state index in [1.165, 1.54) is 5.69 Å². The van der Waals surface area contributed by atoms with E-state index in [9.17, 15) is 4.79 Å². The zero-order valence-electron chi connectivity index (χ0n) is 16.4. The van der Waals surface area contributed by atoms with Gasteiger partial charge in [-0.25, -0.2) is 4.98 Å². The third-order valence-corrected chi connectivity index (χ3v) is 5.59. The molecule has 29 heavy (non-hydrogen) atoms. The van der Waals surface area contributed by atoms with E-state index in [4.69, 9.17) is 11.6 Å². The van der Waals surface area contributed by atoms with Crippen molar-refractivity contribution in [2.45, 2.75) is 19.3 Å². The highest BCUT2D eigenvalue weighted by molar-refractivity contribution is 6.30. The van der Waals surface area contributed by atoms with Crippen molar-refractivity contribution in [2.75, 3.05) is 42.9 Å². The molecule has 2 heterocycles. The largest absolute Gasteiger partial charge is 0.369 e. The number of benzene rings is 2. The fourth-order valence-corrected chi connectivity index (χ4v) is 3.84. The Morgan fingerprint density at radius 3 is 2.55 bits per heavy atom. The highest BCUT2D eigenvalue weighted by Crippen LogP contribution is 2.19. The molecule has 1 aliphatic heterocycles. The first-order valence-corrected chi connectivity index (χ1v) is 10.5. The minimum absolute atomic E-state index is 0.0108. The quantitative estimate of drug-likeness (QED) is 0.573. The van der Waals surface area contributed by atoms with Gasteiger partial charge >= 0.3 is 0 Å². The molecule has 2 N–H and O–H groups in total. The molecule has 1 saturated heterocycles. The number of hydrogen-bond donors (Lipinski definition) is 2. The number of halogens is 1. The number of aromatic amines is 1. The Bertz CT molecular complexity index is 914. The Balaban J connectivity index is 1.14. The number of fused-ring (bicyclic) bond motifs is 1. The fraction of sp³-hybridized carbons (Fsp3) is 0.364. The molecule has 1 fully saturated rings. The minimum atomic E-state index is 0.0108. The summed E-state index contributed by atoms with van der Waals surface area (Å²) < 4.78 is 0. The van der Waals surface area contributed by atoms with Crippen LogP contribution in [0, 0.1) is 0 Å². The Morgan fingerprint density at radius 2 is 1.79 bits per heavy atom. The molecule has 0 saturated carbocycles. The molecule has 2 aromatic carbocycles. The van der Waals surface area contributed by atoms with Gasteiger partial charge in [0.15, 0.2) is 0 Å². The van der Waals surface area contributed by atoms with Gasteiger partial charge in [0.2, 0.25) is 11.9 Å². The van der Waals surface area contributed by atoms with Gasteiger partial charge in [-0.1, -0.05) is 23.7 Å². The number of aromatic nitrogens is 2. The van der Waals surface area contributed by atoms with Gasteiger partial charge in [0, 0.05) is 43.3 Å². The van der Waals surface area contributed by atoms with E-state index in [-0.39, 0.29) is 5.91 Å². The summed E-state index contributed by atoms with van der Waals surface area (Å²) in [6, 6.07) is 15.8. The Labute approximate surface area is 175 Å². The Kier molecular flexibility index (Phi) is 6.32. The molecule has 0 spiro atoms. The molecule has 152 valence electrons. The maximum atomic E-state index is 12.2. The van der Waals surface area contributed by atoms with Crippen LogP contribution in [-0.2, 0) is 4.79 Å². The third-order valence-electron chi connectivity index (χ3n) is 5.34. The van der Waals surface area contributed by atoms with Gasteiger partial charge in [0.25, 0.3) is 0 Å². The van der Waals surface area contributed by atoms with Crippen molar-refractivity contribution < 1.29 is 4.79 Å². The van der Waals surface area contributed by atoms with E-state index in [0.717, 1.165) is 61.6 Å². The molecule has 4 rings (SSSR count). The maximum Gasteiger partial charge on any atom is 0.226 e. The molecule has 6 nitrogen and oxygen atoms in total. The van der Waals surface area contributed by atoms with Crippen LogP contribution in [-0.4, -0.2) is 53.5 Å². The third kappa shape index (κ3) is 5.28. The second kappa shape index (κ2) is 9.29. The van der Waals surface area contributed by atoms with Crippen LogP contribution in [0.5, 0.6) is 0 Å². The first-order valence-electron chi connectivity index (χ1n) is 10.1. The normalized spacial score (nSPS) is 15.0. The molecule has 1 amide bonds. The minimum Gasteiger partial charge on any atom is -0.369 e. The maximum absolute atomic E-state index is 12.2. The Morgan fingerprint density at radius 1 is 1.03 bits per heavy atom. The topological polar surface area (TPSA) is 64.3 Å². The van der Waals surface area contributed by atoms with E-state index >= 15 is 0 Å². The zero-order valence-corrected chi connectivity index (χ0v) is 17.2. The lowest BCUT2D eigenvalue weighted by Gasteiger charge is -2.36. The van der Waals surface area contributed by atoms with Gasteiger partial charge in [-0.2, -0.15) is 0 Å². The second-order valence-electron chi connectivity index (χ2n) is 7.41. The Hall–Kier alpha value is -2.57. The number of imidazole rings is 1. The van der Waals surface area contributed by atoms with Crippen molar-refractivity contribution in [1.29, 1.82) is 0 Å². The number of carbonyl (C=O) groups excluding carboxylic acids is 1. The molecule has 0 bridgehead atoms. The summed E-state index contributed by atoms with van der Waals surface area (Å²) in [5.74, 6) is 0.533. The smallest absolute Gasteiger partial charge is 0.226 e. The monoisotopic (exact) mass is 411 g/mol. The second-order valence-corrected chi connectivity index (χ2v) is 7.85. The first kappa shape index (κ1) is 19.7. The molecule has 0 radical (unpaired) electrons. The lowest BCUT2D eigenvalue weighted by Crippen LogP contribution is -2.46. The van der Waals surface area contributed by atoms with E-state index in [0.29, 0.717) is 12.4 Å². The van der Waals surface area contributed by atoms with E-state index in [1.54, 1.807) is 0 Å². The summed E-state index contributed by atoms with van der Waals surface area (Å²) in [5, 5.41) is 3.64. The predicted octanol–water partition coefficient (Wildman–Crippen LogP) is 4.15. The predicted molar refractivity (Wildman–Crippen MR) is 119 cm³/mol. The van der Waals surface area contributed by atoms with E-state index in [2.05, 4.69) is 37.2 Å². The molecular weight excluding hydrogens is 386 g/mol. The average molecular weight is 412 g/mol. The molecule has 0 atom stereocenters. The summed E-state index contributed by atoms with van der Waals surface area (Å²) in [6.45, 7) is 5.18. The van der Waals surface area contributed by atoms with Gasteiger partial charge in [0.05, 0.1) is 11.0 Å². The highest BCUT2D eigenvalue weighted by atomic mass is 35.5. The number of H-pyrrole nitrogens is 1. The lowest BCUT2D eigenvalue weighted by molar-refractivity contribution is -0.116. The molecular formula is C22H26ClN5O. The standard InChI is InChI=1S/C22H26ClN5O/c23-17-8-10-18(11-9-17)28-15-13-27(14-16-28)12-4-3-7-21(29)26-22-24-19-5-1-2-6-20(19)25-22/h1-2,5-6,8-11H,3-4,7,12-16H2,(H2,24,25,26,29). The number of carbonyl (C=O) groups is 1. The first-order chi connectivity index (χ1) is 14.2. The molecule has 7 heteroatoms. The van der Waals surface area contributed by atoms with Gasteiger partial charge in [-0.3, -0.25) is 15.0 Å². The number of unbranched alkanes of at least 4 members (excludes halogenated alkanes) is 1. The molecule has 1 aliphatic rings. The van der Waals surface area contributed by atoms with Gasteiger partial charge in [-0.15, -0.1) is 0 Å². The van der Waals surface area contributed by atoms with E-state index in [1.807, 2.05) is 36.4 Å². The number of rotatable bonds is 7. The lowest BCUT2D eigenvalue weighted by atomic mass is 10.2. The van der Waals surface area contributed by atoms with Crippen LogP contribution in [0.1, 0.15) is 19.3 Å².